The van der Waals surface area contributed by atoms with Crippen LogP contribution >= 0.6 is 11.3 Å². The molecule has 0 bridgehead atoms. The van der Waals surface area contributed by atoms with Crippen molar-refractivity contribution in [3.63, 3.8) is 0 Å². The normalized spacial score (nSPS) is 14.8. The van der Waals surface area contributed by atoms with Crippen LogP contribution in [0.1, 0.15) is 37.8 Å². The molecule has 10 nitrogen and oxygen atoms in total. The Kier molecular flexibility index (Phi) is 7.35. The molecule has 0 atom stereocenters. The highest BCUT2D eigenvalue weighted by atomic mass is 32.1. The SMILES string of the molecule is CC(C)(C)c1cc(CC(=O)Cc2ccc(-c3cn4c(n3)sc3nc(OCCN5CCOCC5)cnc34)cc2)no1. The number of carbonyl (C=O) groups is 1. The molecule has 0 amide bonds. The van der Waals surface area contributed by atoms with E-state index in [1.165, 1.54) is 11.3 Å². The van der Waals surface area contributed by atoms with Crippen LogP contribution in [0.15, 0.2) is 47.2 Å². The van der Waals surface area contributed by atoms with Crippen molar-refractivity contribution in [2.45, 2.75) is 39.0 Å². The minimum atomic E-state index is -0.134. The average molecular weight is 561 g/mol. The molecule has 1 aliphatic heterocycles. The van der Waals surface area contributed by atoms with E-state index in [0.717, 1.165) is 70.9 Å². The first-order valence-corrected chi connectivity index (χ1v) is 14.3. The number of morpholine rings is 1. The lowest BCUT2D eigenvalue weighted by molar-refractivity contribution is -0.117. The van der Waals surface area contributed by atoms with Gasteiger partial charge in [-0.15, -0.1) is 0 Å². The molecular weight excluding hydrogens is 528 g/mol. The second-order valence-corrected chi connectivity index (χ2v) is 12.0. The van der Waals surface area contributed by atoms with E-state index < -0.39 is 0 Å². The number of carbonyl (C=O) groups excluding carboxylic acids is 1. The average Bonchev–Trinajstić information content (AvgIpc) is 3.64. The summed E-state index contributed by atoms with van der Waals surface area (Å²) in [7, 11) is 0. The summed E-state index contributed by atoms with van der Waals surface area (Å²) in [6.45, 7) is 11.0. The smallest absolute Gasteiger partial charge is 0.233 e. The van der Waals surface area contributed by atoms with Gasteiger partial charge in [-0.2, -0.15) is 4.98 Å². The molecule has 11 heteroatoms. The van der Waals surface area contributed by atoms with Crippen molar-refractivity contribution in [1.29, 1.82) is 0 Å². The van der Waals surface area contributed by atoms with E-state index in [-0.39, 0.29) is 17.6 Å². The van der Waals surface area contributed by atoms with E-state index in [2.05, 4.69) is 40.8 Å². The molecule has 0 aliphatic carbocycles. The zero-order valence-corrected chi connectivity index (χ0v) is 23.7. The molecule has 4 aromatic heterocycles. The summed E-state index contributed by atoms with van der Waals surface area (Å²) in [6.07, 6.45) is 4.24. The number of thiazole rings is 1. The molecule has 0 N–H and O–H groups in total. The monoisotopic (exact) mass is 560 g/mol. The van der Waals surface area contributed by atoms with Crippen LogP contribution in [0.25, 0.3) is 26.7 Å². The van der Waals surface area contributed by atoms with Crippen LogP contribution in [-0.2, 0) is 27.8 Å². The summed E-state index contributed by atoms with van der Waals surface area (Å²) in [5.41, 5.74) is 4.06. The second kappa shape index (κ2) is 11.1. The zero-order chi connectivity index (χ0) is 27.7. The zero-order valence-electron chi connectivity index (χ0n) is 22.9. The van der Waals surface area contributed by atoms with Gasteiger partial charge in [0.05, 0.1) is 37.2 Å². The molecule has 0 saturated carbocycles. The van der Waals surface area contributed by atoms with Crippen LogP contribution in [0.5, 0.6) is 5.88 Å². The van der Waals surface area contributed by atoms with Crippen molar-refractivity contribution in [3.8, 4) is 17.1 Å². The maximum Gasteiger partial charge on any atom is 0.233 e. The number of nitrogens with zero attached hydrogens (tertiary/aromatic N) is 6. The lowest BCUT2D eigenvalue weighted by Crippen LogP contribution is -2.38. The fraction of sp³-hybridized carbons (Fsp3) is 0.414. The predicted octanol–water partition coefficient (Wildman–Crippen LogP) is 4.36. The van der Waals surface area contributed by atoms with Crippen molar-refractivity contribution in [2.24, 2.45) is 0 Å². The number of hydrogen-bond acceptors (Lipinski definition) is 10. The van der Waals surface area contributed by atoms with E-state index in [1.807, 2.05) is 40.9 Å². The number of ether oxygens (including phenoxy) is 2. The Morgan fingerprint density at radius 1 is 1.10 bits per heavy atom. The van der Waals surface area contributed by atoms with Crippen LogP contribution in [0, 0.1) is 0 Å². The molecule has 40 heavy (non-hydrogen) atoms. The number of ketones is 1. The van der Waals surface area contributed by atoms with Gasteiger partial charge < -0.3 is 14.0 Å². The van der Waals surface area contributed by atoms with E-state index in [4.69, 9.17) is 19.0 Å². The van der Waals surface area contributed by atoms with Gasteiger partial charge in [-0.05, 0) is 5.56 Å². The van der Waals surface area contributed by atoms with Crippen molar-refractivity contribution in [3.05, 3.63) is 59.7 Å². The summed E-state index contributed by atoms with van der Waals surface area (Å²) in [6, 6.07) is 9.82. The van der Waals surface area contributed by atoms with Gasteiger partial charge in [0.1, 0.15) is 18.2 Å². The predicted molar refractivity (Wildman–Crippen MR) is 152 cm³/mol. The highest BCUT2D eigenvalue weighted by molar-refractivity contribution is 7.23. The Labute approximate surface area is 235 Å². The van der Waals surface area contributed by atoms with Crippen LogP contribution < -0.4 is 4.74 Å². The minimum Gasteiger partial charge on any atom is -0.475 e. The van der Waals surface area contributed by atoms with Gasteiger partial charge in [0, 0.05) is 49.3 Å². The van der Waals surface area contributed by atoms with Crippen LogP contribution in [0.3, 0.4) is 0 Å². The van der Waals surface area contributed by atoms with Crippen molar-refractivity contribution < 1.29 is 18.8 Å². The number of aromatic nitrogens is 5. The fourth-order valence-corrected chi connectivity index (χ4v) is 5.54. The molecular formula is C29H32N6O4S. The first kappa shape index (κ1) is 26.5. The van der Waals surface area contributed by atoms with Gasteiger partial charge in [0.25, 0.3) is 0 Å². The standard InChI is InChI=1S/C29H32N6O4S/c1-29(2,3)24-16-21(33-39-24)15-22(36)14-19-4-6-20(7-5-19)23-18-35-26-27(40-28(35)31-23)32-25(17-30-26)38-13-10-34-8-11-37-12-9-34/h4-7,16-18H,8-15H2,1-3H3. The van der Waals surface area contributed by atoms with E-state index >= 15 is 0 Å². The van der Waals surface area contributed by atoms with Gasteiger partial charge >= 0.3 is 0 Å². The molecule has 1 aromatic carbocycles. The molecule has 5 heterocycles. The lowest BCUT2D eigenvalue weighted by atomic mass is 9.93. The largest absolute Gasteiger partial charge is 0.475 e. The third-order valence-electron chi connectivity index (χ3n) is 6.88. The summed E-state index contributed by atoms with van der Waals surface area (Å²) in [5, 5.41) is 4.06. The minimum absolute atomic E-state index is 0.0958. The van der Waals surface area contributed by atoms with Crippen molar-refractivity contribution in [1.82, 2.24) is 29.4 Å². The maximum atomic E-state index is 12.6. The molecule has 5 aromatic rings. The second-order valence-electron chi connectivity index (χ2n) is 11.0. The summed E-state index contributed by atoms with van der Waals surface area (Å²) in [5.74, 6) is 1.40. The van der Waals surface area contributed by atoms with E-state index in [9.17, 15) is 4.79 Å². The summed E-state index contributed by atoms with van der Waals surface area (Å²) < 4.78 is 18.6. The molecule has 1 fully saturated rings. The van der Waals surface area contributed by atoms with Gasteiger partial charge in [-0.3, -0.25) is 14.1 Å². The molecule has 0 unspecified atom stereocenters. The number of hydrogen-bond donors (Lipinski definition) is 0. The molecule has 1 saturated heterocycles. The molecule has 208 valence electrons. The molecule has 6 rings (SSSR count). The quantitative estimate of drug-likeness (QED) is 0.260. The van der Waals surface area contributed by atoms with Crippen LogP contribution in [0.4, 0.5) is 0 Å². The Hall–Kier alpha value is -3.67. The van der Waals surface area contributed by atoms with Gasteiger partial charge in [0.2, 0.25) is 5.88 Å². The van der Waals surface area contributed by atoms with Gasteiger partial charge in [-0.25, -0.2) is 9.97 Å². The Morgan fingerprint density at radius 3 is 2.65 bits per heavy atom. The third kappa shape index (κ3) is 5.91. The maximum absolute atomic E-state index is 12.6. The number of imidazole rings is 1. The topological polar surface area (TPSA) is 108 Å². The Balaban J connectivity index is 1.08. The summed E-state index contributed by atoms with van der Waals surface area (Å²) >= 11 is 1.48. The first-order valence-electron chi connectivity index (χ1n) is 13.5. The van der Waals surface area contributed by atoms with Crippen LogP contribution in [-0.4, -0.2) is 74.6 Å². The Bertz CT molecular complexity index is 1630. The fourth-order valence-electron chi connectivity index (χ4n) is 4.60. The van der Waals surface area contributed by atoms with Crippen molar-refractivity contribution >= 4 is 32.6 Å². The molecule has 1 aliphatic rings. The van der Waals surface area contributed by atoms with Gasteiger partial charge in [0.15, 0.2) is 15.4 Å². The van der Waals surface area contributed by atoms with Crippen molar-refractivity contribution in [2.75, 3.05) is 39.5 Å². The number of Topliss-reactive ketones (excluding diaryl/α,β-unsaturated/α-hetero) is 1. The molecule has 0 spiro atoms. The first-order chi connectivity index (χ1) is 19.3. The third-order valence-corrected chi connectivity index (χ3v) is 7.82. The van der Waals surface area contributed by atoms with E-state index in [1.54, 1.807) is 6.20 Å². The van der Waals surface area contributed by atoms with Crippen LogP contribution in [0.2, 0.25) is 0 Å². The summed E-state index contributed by atoms with van der Waals surface area (Å²) in [4.78, 5) is 30.6. The van der Waals surface area contributed by atoms with Gasteiger partial charge in [-0.1, -0.05) is 61.5 Å². The highest BCUT2D eigenvalue weighted by Gasteiger charge is 2.21. The van der Waals surface area contributed by atoms with E-state index in [0.29, 0.717) is 24.6 Å². The highest BCUT2D eigenvalue weighted by Crippen LogP contribution is 2.29. The lowest BCUT2D eigenvalue weighted by Gasteiger charge is -2.26. The number of benzene rings is 1. The molecule has 0 radical (unpaired) electrons. The number of fused-ring (bicyclic) bond motifs is 3. The Morgan fingerprint density at radius 2 is 1.90 bits per heavy atom. The number of rotatable bonds is 9.